The van der Waals surface area contributed by atoms with Crippen LogP contribution in [0.15, 0.2) is 18.2 Å². The lowest BCUT2D eigenvalue weighted by Crippen LogP contribution is -2.15. The smallest absolute Gasteiger partial charge is 0.169 e. The van der Waals surface area contributed by atoms with Crippen LogP contribution >= 0.6 is 0 Å². The van der Waals surface area contributed by atoms with Crippen molar-refractivity contribution >= 4 is 5.78 Å². The summed E-state index contributed by atoms with van der Waals surface area (Å²) in [6, 6.07) is 6.05. The minimum Gasteiger partial charge on any atom is -0.490 e. The number of rotatable bonds is 4. The van der Waals surface area contributed by atoms with E-state index >= 15 is 0 Å². The molecule has 0 atom stereocenters. The van der Waals surface area contributed by atoms with E-state index in [-0.39, 0.29) is 23.2 Å². The van der Waals surface area contributed by atoms with Crippen molar-refractivity contribution in [1.82, 2.24) is 0 Å². The largest absolute Gasteiger partial charge is 0.490 e. The van der Waals surface area contributed by atoms with Crippen LogP contribution in [0.5, 0.6) is 5.75 Å². The van der Waals surface area contributed by atoms with Gasteiger partial charge in [-0.05, 0) is 49.8 Å². The molecule has 0 amide bonds. The van der Waals surface area contributed by atoms with Crippen molar-refractivity contribution in [2.45, 2.75) is 59.0 Å². The summed E-state index contributed by atoms with van der Waals surface area (Å²) in [5.41, 5.74) is 2.01. The molecule has 1 aromatic rings. The number of benzene rings is 1. The van der Waals surface area contributed by atoms with Crippen LogP contribution in [-0.4, -0.2) is 11.9 Å². The van der Waals surface area contributed by atoms with Crippen LogP contribution in [0.4, 0.5) is 0 Å². The zero-order chi connectivity index (χ0) is 14.2. The molecule has 0 unspecified atom stereocenters. The van der Waals surface area contributed by atoms with Crippen molar-refractivity contribution in [2.75, 3.05) is 0 Å². The first-order chi connectivity index (χ1) is 8.79. The van der Waals surface area contributed by atoms with Crippen LogP contribution in [0.2, 0.25) is 0 Å². The van der Waals surface area contributed by atoms with E-state index in [0.717, 1.165) is 24.2 Å². The highest BCUT2D eigenvalue weighted by atomic mass is 16.5. The number of carbonyl (C=O) groups excluding carboxylic acids is 1. The average molecular weight is 260 g/mol. The van der Waals surface area contributed by atoms with Crippen LogP contribution < -0.4 is 4.74 Å². The first kappa shape index (κ1) is 14.1. The van der Waals surface area contributed by atoms with Gasteiger partial charge in [-0.1, -0.05) is 26.8 Å². The van der Waals surface area contributed by atoms with Crippen LogP contribution in [0.25, 0.3) is 0 Å². The molecule has 1 aliphatic carbocycles. The summed E-state index contributed by atoms with van der Waals surface area (Å²) in [6.07, 6.45) is 2.14. The molecule has 0 spiro atoms. The van der Waals surface area contributed by atoms with Crippen molar-refractivity contribution in [3.05, 3.63) is 29.3 Å². The van der Waals surface area contributed by atoms with E-state index in [1.54, 1.807) is 0 Å². The zero-order valence-corrected chi connectivity index (χ0v) is 12.6. The first-order valence-electron chi connectivity index (χ1n) is 7.14. The first-order valence-corrected chi connectivity index (χ1v) is 7.14. The molecule has 2 heteroatoms. The van der Waals surface area contributed by atoms with E-state index in [1.807, 2.05) is 26.0 Å². The van der Waals surface area contributed by atoms with E-state index in [9.17, 15) is 4.79 Å². The molecule has 0 aromatic heterocycles. The van der Waals surface area contributed by atoms with Crippen molar-refractivity contribution in [2.24, 2.45) is 5.92 Å². The van der Waals surface area contributed by atoms with Crippen molar-refractivity contribution in [3.8, 4) is 5.75 Å². The number of Topliss-reactive ketones (excluding diaryl/α,β-unsaturated/α-hetero) is 1. The summed E-state index contributed by atoms with van der Waals surface area (Å²) in [6.45, 7) is 10.5. The van der Waals surface area contributed by atoms with Gasteiger partial charge in [0.25, 0.3) is 0 Å². The Labute approximate surface area is 116 Å². The third-order valence-electron chi connectivity index (χ3n) is 3.42. The Hall–Kier alpha value is -1.31. The standard InChI is InChI=1S/C17H24O2/c1-11(2)19-15-9-8-13(17(3,4)5)10-14(15)16(18)12-6-7-12/h8-12H,6-7H2,1-5H3. The Balaban J connectivity index is 2.40. The second kappa shape index (κ2) is 4.99. The van der Waals surface area contributed by atoms with Gasteiger partial charge in [0, 0.05) is 5.92 Å². The van der Waals surface area contributed by atoms with Crippen LogP contribution in [0.3, 0.4) is 0 Å². The van der Waals surface area contributed by atoms with Crippen molar-refractivity contribution < 1.29 is 9.53 Å². The number of ether oxygens (including phenoxy) is 1. The highest BCUT2D eigenvalue weighted by molar-refractivity contribution is 6.01. The van der Waals surface area contributed by atoms with E-state index in [4.69, 9.17) is 4.74 Å². The van der Waals surface area contributed by atoms with Crippen molar-refractivity contribution in [1.29, 1.82) is 0 Å². The Morgan fingerprint density at radius 2 is 1.89 bits per heavy atom. The zero-order valence-electron chi connectivity index (χ0n) is 12.6. The average Bonchev–Trinajstić information content (AvgIpc) is 3.10. The molecule has 0 radical (unpaired) electrons. The Morgan fingerprint density at radius 3 is 2.37 bits per heavy atom. The van der Waals surface area contributed by atoms with Crippen molar-refractivity contribution in [3.63, 3.8) is 0 Å². The third-order valence-corrected chi connectivity index (χ3v) is 3.42. The lowest BCUT2D eigenvalue weighted by atomic mass is 9.85. The van der Waals surface area contributed by atoms with E-state index < -0.39 is 0 Å². The Kier molecular flexibility index (Phi) is 3.71. The van der Waals surface area contributed by atoms with E-state index in [0.29, 0.717) is 0 Å². The van der Waals surface area contributed by atoms with Gasteiger partial charge in [0.1, 0.15) is 5.75 Å². The van der Waals surface area contributed by atoms with Gasteiger partial charge in [0.2, 0.25) is 0 Å². The third kappa shape index (κ3) is 3.37. The fourth-order valence-electron chi connectivity index (χ4n) is 2.11. The van der Waals surface area contributed by atoms with Gasteiger partial charge in [-0.3, -0.25) is 4.79 Å². The van der Waals surface area contributed by atoms with Gasteiger partial charge in [0.15, 0.2) is 5.78 Å². The monoisotopic (exact) mass is 260 g/mol. The molecule has 1 aliphatic rings. The normalized spacial score (nSPS) is 15.7. The Bertz CT molecular complexity index is 477. The number of carbonyl (C=O) groups is 1. The predicted molar refractivity (Wildman–Crippen MR) is 78.0 cm³/mol. The summed E-state index contributed by atoms with van der Waals surface area (Å²) in [7, 11) is 0. The predicted octanol–water partition coefficient (Wildman–Crippen LogP) is 4.36. The van der Waals surface area contributed by atoms with E-state index in [1.165, 1.54) is 5.56 Å². The second-order valence-electron chi connectivity index (χ2n) is 6.77. The highest BCUT2D eigenvalue weighted by Gasteiger charge is 2.33. The summed E-state index contributed by atoms with van der Waals surface area (Å²) in [4.78, 5) is 12.4. The Morgan fingerprint density at radius 1 is 1.26 bits per heavy atom. The van der Waals surface area contributed by atoms with Gasteiger partial charge in [-0.25, -0.2) is 0 Å². The highest BCUT2D eigenvalue weighted by Crippen LogP contribution is 2.37. The molecule has 0 bridgehead atoms. The molecule has 0 heterocycles. The molecule has 0 N–H and O–H groups in total. The van der Waals surface area contributed by atoms with Gasteiger partial charge in [0.05, 0.1) is 11.7 Å². The summed E-state index contributed by atoms with van der Waals surface area (Å²) in [5, 5.41) is 0. The molecule has 1 aromatic carbocycles. The molecule has 19 heavy (non-hydrogen) atoms. The summed E-state index contributed by atoms with van der Waals surface area (Å²) >= 11 is 0. The molecule has 0 aliphatic heterocycles. The summed E-state index contributed by atoms with van der Waals surface area (Å²) < 4.78 is 5.79. The van der Waals surface area contributed by atoms with Gasteiger partial charge < -0.3 is 4.74 Å². The minimum absolute atomic E-state index is 0.0505. The molecular formula is C17H24O2. The molecule has 2 rings (SSSR count). The lowest BCUT2D eigenvalue weighted by molar-refractivity contribution is 0.0961. The van der Waals surface area contributed by atoms with E-state index in [2.05, 4.69) is 26.8 Å². The number of hydrogen-bond donors (Lipinski definition) is 0. The number of hydrogen-bond acceptors (Lipinski definition) is 2. The van der Waals surface area contributed by atoms with Crippen LogP contribution in [-0.2, 0) is 5.41 Å². The lowest BCUT2D eigenvalue weighted by Gasteiger charge is -2.22. The molecule has 1 saturated carbocycles. The molecule has 104 valence electrons. The minimum atomic E-state index is 0.0505. The summed E-state index contributed by atoms with van der Waals surface area (Å²) in [5.74, 6) is 1.21. The quantitative estimate of drug-likeness (QED) is 0.752. The molecular weight excluding hydrogens is 236 g/mol. The van der Waals surface area contributed by atoms with Crippen LogP contribution in [0.1, 0.15) is 63.4 Å². The number of ketones is 1. The second-order valence-corrected chi connectivity index (χ2v) is 6.77. The molecule has 0 saturated heterocycles. The fourth-order valence-corrected chi connectivity index (χ4v) is 2.11. The van der Waals surface area contributed by atoms with Gasteiger partial charge in [-0.15, -0.1) is 0 Å². The molecule has 2 nitrogen and oxygen atoms in total. The topological polar surface area (TPSA) is 26.3 Å². The van der Waals surface area contributed by atoms with Gasteiger partial charge >= 0.3 is 0 Å². The van der Waals surface area contributed by atoms with Gasteiger partial charge in [-0.2, -0.15) is 0 Å². The van der Waals surface area contributed by atoms with Crippen LogP contribution in [0, 0.1) is 5.92 Å². The SMILES string of the molecule is CC(C)Oc1ccc(C(C)(C)C)cc1C(=O)C1CC1. The maximum absolute atomic E-state index is 12.4. The maximum Gasteiger partial charge on any atom is 0.169 e. The molecule has 1 fully saturated rings. The maximum atomic E-state index is 12.4. The fraction of sp³-hybridized carbons (Fsp3) is 0.588.